The van der Waals surface area contributed by atoms with Gasteiger partial charge in [0.05, 0.1) is 24.4 Å². The van der Waals surface area contributed by atoms with E-state index in [4.69, 9.17) is 15.2 Å². The number of aliphatic hydroxyl groups is 1. The molecule has 3 unspecified atom stereocenters. The van der Waals surface area contributed by atoms with Gasteiger partial charge >= 0.3 is 0 Å². The fourth-order valence-electron chi connectivity index (χ4n) is 2.80. The number of nitrogens with zero attached hydrogens (tertiary/aromatic N) is 1. The summed E-state index contributed by atoms with van der Waals surface area (Å²) in [5.41, 5.74) is 6.58. The van der Waals surface area contributed by atoms with E-state index >= 15 is 0 Å². The highest BCUT2D eigenvalue weighted by molar-refractivity contribution is 5.24. The first-order chi connectivity index (χ1) is 9.62. The molecule has 0 amide bonds. The SMILES string of the molecule is COC1CN(CC(N)(CO)c2ccccc2)CC1OC. The summed E-state index contributed by atoms with van der Waals surface area (Å²) in [6.45, 7) is 2.01. The van der Waals surface area contributed by atoms with Crippen LogP contribution in [-0.4, -0.2) is 62.7 Å². The van der Waals surface area contributed by atoms with E-state index in [2.05, 4.69) is 4.90 Å². The van der Waals surface area contributed by atoms with E-state index in [0.29, 0.717) is 6.54 Å². The summed E-state index contributed by atoms with van der Waals surface area (Å²) in [6.07, 6.45) is 0.109. The molecule has 1 aliphatic rings. The molecule has 0 spiro atoms. The van der Waals surface area contributed by atoms with Gasteiger partial charge < -0.3 is 20.3 Å². The number of benzene rings is 1. The van der Waals surface area contributed by atoms with E-state index in [1.165, 1.54) is 0 Å². The van der Waals surface area contributed by atoms with E-state index in [-0.39, 0.29) is 18.8 Å². The minimum atomic E-state index is -0.762. The van der Waals surface area contributed by atoms with Crippen molar-refractivity contribution in [3.63, 3.8) is 0 Å². The first kappa shape index (κ1) is 15.4. The van der Waals surface area contributed by atoms with Crippen LogP contribution in [0.25, 0.3) is 0 Å². The maximum atomic E-state index is 9.73. The molecule has 112 valence electrons. The standard InChI is InChI=1S/C15H24N2O3/c1-19-13-8-17(9-14(13)20-2)10-15(16,11-18)12-6-4-3-5-7-12/h3-7,13-14,18H,8-11,16H2,1-2H3. The number of ether oxygens (including phenoxy) is 2. The van der Waals surface area contributed by atoms with Crippen molar-refractivity contribution >= 4 is 0 Å². The van der Waals surface area contributed by atoms with Gasteiger partial charge in [-0.1, -0.05) is 30.3 Å². The Morgan fingerprint density at radius 1 is 1.20 bits per heavy atom. The monoisotopic (exact) mass is 280 g/mol. The number of rotatable bonds is 6. The Hall–Kier alpha value is -0.980. The van der Waals surface area contributed by atoms with Crippen LogP contribution in [0, 0.1) is 0 Å². The zero-order valence-corrected chi connectivity index (χ0v) is 12.2. The summed E-state index contributed by atoms with van der Waals surface area (Å²) in [4.78, 5) is 2.19. The fraction of sp³-hybridized carbons (Fsp3) is 0.600. The predicted molar refractivity (Wildman–Crippen MR) is 77.4 cm³/mol. The summed E-state index contributed by atoms with van der Waals surface area (Å²) < 4.78 is 10.9. The second-order valence-corrected chi connectivity index (χ2v) is 5.42. The molecule has 0 aliphatic carbocycles. The van der Waals surface area contributed by atoms with Gasteiger partial charge in [0.1, 0.15) is 0 Å². The highest BCUT2D eigenvalue weighted by Gasteiger charge is 2.37. The van der Waals surface area contributed by atoms with Crippen LogP contribution in [-0.2, 0) is 15.0 Å². The highest BCUT2D eigenvalue weighted by atomic mass is 16.5. The van der Waals surface area contributed by atoms with Crippen molar-refractivity contribution in [1.29, 1.82) is 0 Å². The third-order valence-electron chi connectivity index (χ3n) is 4.03. The molecule has 5 nitrogen and oxygen atoms in total. The summed E-state index contributed by atoms with van der Waals surface area (Å²) in [7, 11) is 3.39. The van der Waals surface area contributed by atoms with Crippen molar-refractivity contribution in [3.05, 3.63) is 35.9 Å². The molecule has 3 N–H and O–H groups in total. The van der Waals surface area contributed by atoms with Crippen molar-refractivity contribution in [2.75, 3.05) is 40.5 Å². The Kier molecular flexibility index (Phi) is 5.12. The maximum Gasteiger partial charge on any atom is 0.0971 e. The third-order valence-corrected chi connectivity index (χ3v) is 4.03. The van der Waals surface area contributed by atoms with Gasteiger partial charge in [-0.3, -0.25) is 4.90 Å². The molecule has 0 bridgehead atoms. The zero-order chi connectivity index (χ0) is 14.6. The second kappa shape index (κ2) is 6.65. The Morgan fingerprint density at radius 3 is 2.20 bits per heavy atom. The largest absolute Gasteiger partial charge is 0.394 e. The first-order valence-electron chi connectivity index (χ1n) is 6.86. The maximum absolute atomic E-state index is 9.73. The molecule has 0 radical (unpaired) electrons. The van der Waals surface area contributed by atoms with Gasteiger partial charge in [-0.15, -0.1) is 0 Å². The van der Waals surface area contributed by atoms with Crippen molar-refractivity contribution in [2.45, 2.75) is 17.7 Å². The minimum absolute atomic E-state index is 0.0544. The molecule has 1 aromatic rings. The molecule has 0 saturated carbocycles. The van der Waals surface area contributed by atoms with Gasteiger partial charge in [-0.25, -0.2) is 0 Å². The zero-order valence-electron chi connectivity index (χ0n) is 12.2. The summed E-state index contributed by atoms with van der Waals surface area (Å²) in [5.74, 6) is 0. The molecule has 1 saturated heterocycles. The van der Waals surface area contributed by atoms with Crippen LogP contribution >= 0.6 is 0 Å². The lowest BCUT2D eigenvalue weighted by Gasteiger charge is -2.32. The van der Waals surface area contributed by atoms with Gasteiger partial charge in [-0.2, -0.15) is 0 Å². The lowest BCUT2D eigenvalue weighted by atomic mass is 9.91. The van der Waals surface area contributed by atoms with Crippen molar-refractivity contribution < 1.29 is 14.6 Å². The average molecular weight is 280 g/mol. The van der Waals surface area contributed by atoms with Gasteiger partial charge in [-0.05, 0) is 5.56 Å². The molecular formula is C15H24N2O3. The van der Waals surface area contributed by atoms with Gasteiger partial charge in [0.15, 0.2) is 0 Å². The van der Waals surface area contributed by atoms with Gasteiger partial charge in [0.25, 0.3) is 0 Å². The second-order valence-electron chi connectivity index (χ2n) is 5.42. The van der Waals surface area contributed by atoms with E-state index in [1.54, 1.807) is 14.2 Å². The summed E-state index contributed by atoms with van der Waals surface area (Å²) in [6, 6.07) is 9.72. The number of hydrogen-bond acceptors (Lipinski definition) is 5. The number of hydrogen-bond donors (Lipinski definition) is 2. The van der Waals surface area contributed by atoms with Crippen LogP contribution in [0.15, 0.2) is 30.3 Å². The molecule has 1 aliphatic heterocycles. The van der Waals surface area contributed by atoms with E-state index in [1.807, 2.05) is 30.3 Å². The smallest absolute Gasteiger partial charge is 0.0971 e. The molecule has 5 heteroatoms. The van der Waals surface area contributed by atoms with Crippen molar-refractivity contribution in [1.82, 2.24) is 4.90 Å². The Bertz CT molecular complexity index is 403. The first-order valence-corrected chi connectivity index (χ1v) is 6.86. The Morgan fingerprint density at radius 2 is 1.75 bits per heavy atom. The lowest BCUT2D eigenvalue weighted by Crippen LogP contribution is -2.50. The van der Waals surface area contributed by atoms with Crippen molar-refractivity contribution in [3.8, 4) is 0 Å². The summed E-state index contributed by atoms with van der Waals surface area (Å²) >= 11 is 0. The minimum Gasteiger partial charge on any atom is -0.394 e. The number of methoxy groups -OCH3 is 2. The van der Waals surface area contributed by atoms with E-state index in [9.17, 15) is 5.11 Å². The molecule has 1 fully saturated rings. The highest BCUT2D eigenvalue weighted by Crippen LogP contribution is 2.23. The van der Waals surface area contributed by atoms with Crippen LogP contribution in [0.1, 0.15) is 5.56 Å². The quantitative estimate of drug-likeness (QED) is 0.778. The Labute approximate surface area is 120 Å². The molecular weight excluding hydrogens is 256 g/mol. The summed E-state index contributed by atoms with van der Waals surface area (Å²) in [5, 5.41) is 9.73. The van der Waals surface area contributed by atoms with Crippen LogP contribution in [0.4, 0.5) is 0 Å². The number of likely N-dealkylation sites (tertiary alicyclic amines) is 1. The molecule has 1 heterocycles. The number of nitrogens with two attached hydrogens (primary N) is 1. The van der Waals surface area contributed by atoms with E-state index < -0.39 is 5.54 Å². The van der Waals surface area contributed by atoms with Gasteiger partial charge in [0, 0.05) is 33.9 Å². The normalized spacial score (nSPS) is 26.6. The third kappa shape index (κ3) is 3.19. The molecule has 2 rings (SSSR count). The lowest BCUT2D eigenvalue weighted by molar-refractivity contribution is -0.00461. The molecule has 1 aromatic carbocycles. The predicted octanol–water partition coefficient (Wildman–Crippen LogP) is 0.179. The molecule has 20 heavy (non-hydrogen) atoms. The molecule has 0 aromatic heterocycles. The topological polar surface area (TPSA) is 68.0 Å². The molecule has 3 atom stereocenters. The van der Waals surface area contributed by atoms with Crippen molar-refractivity contribution in [2.24, 2.45) is 5.73 Å². The fourth-order valence-corrected chi connectivity index (χ4v) is 2.80. The average Bonchev–Trinajstić information content (AvgIpc) is 2.89. The van der Waals surface area contributed by atoms with E-state index in [0.717, 1.165) is 18.7 Å². The Balaban J connectivity index is 2.08. The van der Waals surface area contributed by atoms with Crippen LogP contribution in [0.2, 0.25) is 0 Å². The van der Waals surface area contributed by atoms with Crippen LogP contribution < -0.4 is 5.73 Å². The van der Waals surface area contributed by atoms with Crippen LogP contribution in [0.3, 0.4) is 0 Å². The van der Waals surface area contributed by atoms with Gasteiger partial charge in [0.2, 0.25) is 0 Å². The number of aliphatic hydroxyl groups excluding tert-OH is 1. The van der Waals surface area contributed by atoms with Crippen LogP contribution in [0.5, 0.6) is 0 Å².